The Labute approximate surface area is 158 Å². The average Bonchev–Trinajstić information content (AvgIpc) is 2.97. The maximum absolute atomic E-state index is 12.2. The molecule has 0 heterocycles. The molecule has 7 atom stereocenters. The second-order valence-electron chi connectivity index (χ2n) is 9.98. The van der Waals surface area contributed by atoms with Gasteiger partial charge in [0.2, 0.25) is 0 Å². The zero-order valence-corrected chi connectivity index (χ0v) is 17.1. The molecular weight excluding hydrogens is 324 g/mol. The van der Waals surface area contributed by atoms with Gasteiger partial charge in [0.25, 0.3) is 0 Å². The van der Waals surface area contributed by atoms with Crippen LogP contribution in [0.5, 0.6) is 0 Å². The summed E-state index contributed by atoms with van der Waals surface area (Å²) in [7, 11) is 1.70. The Morgan fingerprint density at radius 2 is 1.96 bits per heavy atom. The van der Waals surface area contributed by atoms with Gasteiger partial charge in [-0.2, -0.15) is 0 Å². The highest BCUT2D eigenvalue weighted by atomic mass is 16.7. The Morgan fingerprint density at radius 3 is 2.69 bits per heavy atom. The van der Waals surface area contributed by atoms with Crippen molar-refractivity contribution in [2.24, 2.45) is 34.5 Å². The second-order valence-corrected chi connectivity index (χ2v) is 9.98. The van der Waals surface area contributed by atoms with Gasteiger partial charge in [0.1, 0.15) is 12.6 Å². The third-order valence-electron chi connectivity index (χ3n) is 8.97. The Hall–Kier alpha value is -0.670. The van der Waals surface area contributed by atoms with Crippen molar-refractivity contribution >= 4 is 5.78 Å². The molecule has 26 heavy (non-hydrogen) atoms. The van der Waals surface area contributed by atoms with E-state index >= 15 is 0 Å². The molecule has 0 radical (unpaired) electrons. The normalized spacial score (nSPS) is 47.5. The Bertz CT molecular complexity index is 596. The first kappa shape index (κ1) is 18.7. The van der Waals surface area contributed by atoms with E-state index < -0.39 is 0 Å². The van der Waals surface area contributed by atoms with Gasteiger partial charge in [-0.05, 0) is 86.9 Å². The standard InChI is InChI=1S/C23H36O3/c1-15(24)19-7-8-20-18-6-5-16-13-17(26-14-25-4)9-11-22(16,2)21(18)10-12-23(19,20)3/h5,17-21H,6-14H2,1-4H3. The molecule has 0 aromatic heterocycles. The molecule has 0 aliphatic heterocycles. The summed E-state index contributed by atoms with van der Waals surface area (Å²) in [6, 6.07) is 0. The van der Waals surface area contributed by atoms with E-state index in [-0.39, 0.29) is 5.41 Å². The summed E-state index contributed by atoms with van der Waals surface area (Å²) >= 11 is 0. The number of fused-ring (bicyclic) bond motifs is 5. The summed E-state index contributed by atoms with van der Waals surface area (Å²) in [5.74, 6) is 3.07. The predicted octanol–water partition coefficient (Wildman–Crippen LogP) is 5.14. The Morgan fingerprint density at radius 1 is 1.15 bits per heavy atom. The monoisotopic (exact) mass is 360 g/mol. The highest BCUT2D eigenvalue weighted by Gasteiger charge is 2.59. The molecule has 7 unspecified atom stereocenters. The molecule has 0 aromatic rings. The Kier molecular flexibility index (Phi) is 4.84. The minimum atomic E-state index is 0.257. The van der Waals surface area contributed by atoms with Crippen LogP contribution >= 0.6 is 0 Å². The van der Waals surface area contributed by atoms with E-state index in [2.05, 4.69) is 19.9 Å². The van der Waals surface area contributed by atoms with Crippen molar-refractivity contribution in [2.45, 2.75) is 78.2 Å². The fraction of sp³-hybridized carbons (Fsp3) is 0.870. The third kappa shape index (κ3) is 2.73. The number of allylic oxidation sites excluding steroid dienone is 1. The number of rotatable bonds is 4. The third-order valence-corrected chi connectivity index (χ3v) is 8.97. The minimum Gasteiger partial charge on any atom is -0.359 e. The van der Waals surface area contributed by atoms with Crippen LogP contribution in [0.3, 0.4) is 0 Å². The smallest absolute Gasteiger partial charge is 0.146 e. The van der Waals surface area contributed by atoms with Gasteiger partial charge in [-0.25, -0.2) is 0 Å². The lowest BCUT2D eigenvalue weighted by Crippen LogP contribution is -2.51. The van der Waals surface area contributed by atoms with Gasteiger partial charge in [0.15, 0.2) is 0 Å². The molecule has 4 rings (SSSR count). The maximum Gasteiger partial charge on any atom is 0.146 e. The fourth-order valence-electron chi connectivity index (χ4n) is 7.60. The summed E-state index contributed by atoms with van der Waals surface area (Å²) in [5, 5.41) is 0. The molecule has 3 fully saturated rings. The van der Waals surface area contributed by atoms with Crippen molar-refractivity contribution in [2.75, 3.05) is 13.9 Å². The zero-order chi connectivity index (χ0) is 18.5. The number of ketones is 1. The molecule has 3 saturated carbocycles. The van der Waals surface area contributed by atoms with Crippen LogP contribution in [0.25, 0.3) is 0 Å². The van der Waals surface area contributed by atoms with Crippen LogP contribution in [-0.2, 0) is 14.3 Å². The van der Waals surface area contributed by atoms with E-state index in [1.54, 1.807) is 12.7 Å². The highest BCUT2D eigenvalue weighted by molar-refractivity contribution is 5.79. The SMILES string of the molecule is COCOC1CCC2(C)C(=CCC3C2CCC2(C)C(C(C)=O)CCC32)C1. The van der Waals surface area contributed by atoms with Crippen molar-refractivity contribution < 1.29 is 14.3 Å². The number of methoxy groups -OCH3 is 1. The fourth-order valence-corrected chi connectivity index (χ4v) is 7.60. The molecule has 0 bridgehead atoms. The van der Waals surface area contributed by atoms with Crippen LogP contribution < -0.4 is 0 Å². The van der Waals surface area contributed by atoms with E-state index in [1.807, 2.05) is 6.92 Å². The number of ether oxygens (including phenoxy) is 2. The van der Waals surface area contributed by atoms with Crippen LogP contribution in [0.15, 0.2) is 11.6 Å². The van der Waals surface area contributed by atoms with Gasteiger partial charge in [-0.3, -0.25) is 4.79 Å². The van der Waals surface area contributed by atoms with Crippen LogP contribution in [0.2, 0.25) is 0 Å². The summed E-state index contributed by atoms with van der Waals surface area (Å²) in [6.07, 6.45) is 12.5. The van der Waals surface area contributed by atoms with E-state index in [0.717, 1.165) is 37.0 Å². The summed E-state index contributed by atoms with van der Waals surface area (Å²) in [5.41, 5.74) is 2.26. The molecular formula is C23H36O3. The first-order valence-corrected chi connectivity index (χ1v) is 10.7. The van der Waals surface area contributed by atoms with Gasteiger partial charge in [-0.1, -0.05) is 25.5 Å². The Balaban J connectivity index is 1.56. The van der Waals surface area contributed by atoms with Gasteiger partial charge < -0.3 is 9.47 Å². The lowest BCUT2D eigenvalue weighted by molar-refractivity contribution is -0.128. The van der Waals surface area contributed by atoms with Crippen LogP contribution in [-0.4, -0.2) is 25.8 Å². The maximum atomic E-state index is 12.2. The lowest BCUT2D eigenvalue weighted by atomic mass is 9.47. The second kappa shape index (κ2) is 6.74. The molecule has 4 aliphatic rings. The van der Waals surface area contributed by atoms with Gasteiger partial charge in [0.05, 0.1) is 6.10 Å². The van der Waals surface area contributed by atoms with E-state index in [9.17, 15) is 4.79 Å². The number of hydrogen-bond acceptors (Lipinski definition) is 3. The number of carbonyl (C=O) groups excluding carboxylic acids is 1. The van der Waals surface area contributed by atoms with Gasteiger partial charge in [0, 0.05) is 13.0 Å². The largest absolute Gasteiger partial charge is 0.359 e. The lowest BCUT2D eigenvalue weighted by Gasteiger charge is -2.58. The quantitative estimate of drug-likeness (QED) is 0.514. The van der Waals surface area contributed by atoms with Crippen LogP contribution in [0.4, 0.5) is 0 Å². The number of carbonyl (C=O) groups is 1. The molecule has 3 heteroatoms. The molecule has 146 valence electrons. The topological polar surface area (TPSA) is 35.5 Å². The molecule has 0 spiro atoms. The summed E-state index contributed by atoms with van der Waals surface area (Å²) < 4.78 is 11.0. The number of hydrogen-bond donors (Lipinski definition) is 0. The highest BCUT2D eigenvalue weighted by Crippen LogP contribution is 2.66. The van der Waals surface area contributed by atoms with Crippen molar-refractivity contribution in [1.29, 1.82) is 0 Å². The molecule has 0 amide bonds. The molecule has 3 nitrogen and oxygen atoms in total. The first-order valence-electron chi connectivity index (χ1n) is 10.7. The average molecular weight is 361 g/mol. The molecule has 4 aliphatic carbocycles. The summed E-state index contributed by atoms with van der Waals surface area (Å²) in [4.78, 5) is 12.2. The molecule has 0 aromatic carbocycles. The van der Waals surface area contributed by atoms with E-state index in [1.165, 1.54) is 32.1 Å². The predicted molar refractivity (Wildman–Crippen MR) is 103 cm³/mol. The molecule has 0 N–H and O–H groups in total. The molecule has 0 saturated heterocycles. The van der Waals surface area contributed by atoms with Crippen molar-refractivity contribution in [3.63, 3.8) is 0 Å². The van der Waals surface area contributed by atoms with Crippen molar-refractivity contribution in [3.05, 3.63) is 11.6 Å². The number of Topliss-reactive ketones (excluding diaryl/α,β-unsaturated/α-hetero) is 1. The zero-order valence-electron chi connectivity index (χ0n) is 17.1. The van der Waals surface area contributed by atoms with Crippen LogP contribution in [0.1, 0.15) is 72.1 Å². The van der Waals surface area contributed by atoms with Gasteiger partial charge in [-0.15, -0.1) is 0 Å². The summed E-state index contributed by atoms with van der Waals surface area (Å²) in [6.45, 7) is 7.20. The van der Waals surface area contributed by atoms with Crippen molar-refractivity contribution in [1.82, 2.24) is 0 Å². The van der Waals surface area contributed by atoms with E-state index in [4.69, 9.17) is 9.47 Å². The van der Waals surface area contributed by atoms with Gasteiger partial charge >= 0.3 is 0 Å². The first-order chi connectivity index (χ1) is 12.4. The van der Waals surface area contributed by atoms with Crippen LogP contribution in [0, 0.1) is 34.5 Å². The van der Waals surface area contributed by atoms with Crippen molar-refractivity contribution in [3.8, 4) is 0 Å². The van der Waals surface area contributed by atoms with E-state index in [0.29, 0.717) is 30.0 Å². The minimum absolute atomic E-state index is 0.257.